The third-order valence-corrected chi connectivity index (χ3v) is 1.18. The van der Waals surface area contributed by atoms with Crippen LogP contribution in [0.4, 0.5) is 0 Å². The summed E-state index contributed by atoms with van der Waals surface area (Å²) >= 11 is 0. The van der Waals surface area contributed by atoms with Crippen LogP contribution in [0, 0.1) is 11.3 Å². The van der Waals surface area contributed by atoms with E-state index >= 15 is 0 Å². The Balaban J connectivity index is 2.25. The van der Waals surface area contributed by atoms with Crippen LogP contribution < -0.4 is 10.6 Å². The topological polar surface area (TPSA) is 47.9 Å². The third kappa shape index (κ3) is 1.19. The van der Waals surface area contributed by atoms with Gasteiger partial charge in [0.15, 0.2) is 0 Å². The molecule has 1 rings (SSSR count). The molecule has 0 aliphatic carbocycles. The van der Waals surface area contributed by atoms with Crippen molar-refractivity contribution >= 4 is 0 Å². The molecule has 0 spiro atoms. The van der Waals surface area contributed by atoms with Crippen LogP contribution in [0.25, 0.3) is 0 Å². The Kier molecular flexibility index (Phi) is 1.84. The minimum atomic E-state index is -0.108. The van der Waals surface area contributed by atoms with Gasteiger partial charge in [-0.2, -0.15) is 5.26 Å². The molecule has 1 heterocycles. The van der Waals surface area contributed by atoms with Gasteiger partial charge in [-0.05, 0) is 19.5 Å². The lowest BCUT2D eigenvalue weighted by atomic mass is 10.3. The molecular weight excluding hydrogens is 102 g/mol. The van der Waals surface area contributed by atoms with Crippen molar-refractivity contribution in [1.29, 1.82) is 5.26 Å². The van der Waals surface area contributed by atoms with Gasteiger partial charge in [0.1, 0.15) is 6.17 Å². The van der Waals surface area contributed by atoms with Gasteiger partial charge >= 0.3 is 0 Å². The van der Waals surface area contributed by atoms with Gasteiger partial charge in [-0.3, -0.25) is 10.6 Å². The number of hydrogen-bond donors (Lipinski definition) is 2. The maximum atomic E-state index is 8.32. The SMILES string of the molecule is N#CC1NCCCN1. The maximum Gasteiger partial charge on any atom is 0.147 e. The van der Waals surface area contributed by atoms with Crippen LogP contribution >= 0.6 is 0 Å². The largest absolute Gasteiger partial charge is 0.290 e. The average molecular weight is 111 g/mol. The first-order chi connectivity index (χ1) is 3.93. The monoisotopic (exact) mass is 111 g/mol. The van der Waals surface area contributed by atoms with Gasteiger partial charge in [0.05, 0.1) is 6.07 Å². The second-order valence-electron chi connectivity index (χ2n) is 1.82. The van der Waals surface area contributed by atoms with Gasteiger partial charge in [-0.25, -0.2) is 0 Å². The standard InChI is InChI=1S/C5H9N3/c6-4-5-7-2-1-3-8-5/h5,7-8H,1-3H2. The fourth-order valence-electron chi connectivity index (χ4n) is 0.745. The van der Waals surface area contributed by atoms with E-state index in [1.165, 1.54) is 0 Å². The molecule has 3 heteroatoms. The fourth-order valence-corrected chi connectivity index (χ4v) is 0.745. The predicted octanol–water partition coefficient (Wildman–Crippen LogP) is -0.581. The molecule has 8 heavy (non-hydrogen) atoms. The lowest BCUT2D eigenvalue weighted by molar-refractivity contribution is 0.432. The lowest BCUT2D eigenvalue weighted by Gasteiger charge is -2.17. The van der Waals surface area contributed by atoms with Crippen molar-refractivity contribution in [3.8, 4) is 6.07 Å². The Bertz CT molecular complexity index is 98.7. The summed E-state index contributed by atoms with van der Waals surface area (Å²) in [6.07, 6.45) is 1.02. The molecule has 0 amide bonds. The van der Waals surface area contributed by atoms with Gasteiger partial charge in [0.2, 0.25) is 0 Å². The average Bonchev–Trinajstić information content (AvgIpc) is 1.90. The van der Waals surface area contributed by atoms with Crippen LogP contribution in [0.15, 0.2) is 0 Å². The molecule has 0 atom stereocenters. The molecule has 0 unspecified atom stereocenters. The van der Waals surface area contributed by atoms with Crippen molar-refractivity contribution in [2.45, 2.75) is 12.6 Å². The van der Waals surface area contributed by atoms with Gasteiger partial charge in [0, 0.05) is 0 Å². The highest BCUT2D eigenvalue weighted by molar-refractivity contribution is 4.89. The van der Waals surface area contributed by atoms with Crippen LogP contribution in [0.3, 0.4) is 0 Å². The highest BCUT2D eigenvalue weighted by Crippen LogP contribution is 1.84. The predicted molar refractivity (Wildman–Crippen MR) is 30.0 cm³/mol. The van der Waals surface area contributed by atoms with Crippen molar-refractivity contribution in [1.82, 2.24) is 10.6 Å². The van der Waals surface area contributed by atoms with Crippen molar-refractivity contribution < 1.29 is 0 Å². The van der Waals surface area contributed by atoms with Crippen molar-refractivity contribution in [3.63, 3.8) is 0 Å². The van der Waals surface area contributed by atoms with Crippen molar-refractivity contribution in [3.05, 3.63) is 0 Å². The third-order valence-electron chi connectivity index (χ3n) is 1.18. The minimum absolute atomic E-state index is 0.108. The summed E-state index contributed by atoms with van der Waals surface area (Å²) in [5, 5.41) is 14.3. The van der Waals surface area contributed by atoms with Gasteiger partial charge in [-0.1, -0.05) is 0 Å². The Labute approximate surface area is 48.7 Å². The molecule has 3 nitrogen and oxygen atoms in total. The number of hydrogen-bond acceptors (Lipinski definition) is 3. The molecule has 0 radical (unpaired) electrons. The summed E-state index contributed by atoms with van der Waals surface area (Å²) in [5.41, 5.74) is 0. The summed E-state index contributed by atoms with van der Waals surface area (Å²) in [6.45, 7) is 1.93. The van der Waals surface area contributed by atoms with Crippen LogP contribution in [-0.2, 0) is 0 Å². The highest BCUT2D eigenvalue weighted by Gasteiger charge is 2.07. The lowest BCUT2D eigenvalue weighted by Crippen LogP contribution is -2.47. The Morgan fingerprint density at radius 1 is 1.38 bits per heavy atom. The second kappa shape index (κ2) is 2.65. The van der Waals surface area contributed by atoms with E-state index in [2.05, 4.69) is 16.7 Å². The molecule has 0 bridgehead atoms. The molecule has 1 fully saturated rings. The molecule has 0 aromatic carbocycles. The van der Waals surface area contributed by atoms with Crippen LogP contribution in [0.5, 0.6) is 0 Å². The molecule has 1 aliphatic rings. The summed E-state index contributed by atoms with van der Waals surface area (Å²) in [5.74, 6) is 0. The van der Waals surface area contributed by atoms with Gasteiger partial charge in [-0.15, -0.1) is 0 Å². The summed E-state index contributed by atoms with van der Waals surface area (Å²) in [4.78, 5) is 0. The Hall–Kier alpha value is -0.590. The Morgan fingerprint density at radius 3 is 2.38 bits per heavy atom. The van der Waals surface area contributed by atoms with E-state index in [0.717, 1.165) is 19.5 Å². The van der Waals surface area contributed by atoms with Gasteiger partial charge < -0.3 is 0 Å². The van der Waals surface area contributed by atoms with E-state index in [4.69, 9.17) is 5.26 Å². The maximum absolute atomic E-state index is 8.32. The van der Waals surface area contributed by atoms with Crippen LogP contribution in [0.1, 0.15) is 6.42 Å². The number of nitrogens with one attached hydrogen (secondary N) is 2. The van der Waals surface area contributed by atoms with E-state index in [0.29, 0.717) is 0 Å². The molecule has 1 aliphatic heterocycles. The normalized spacial score (nSPS) is 22.4. The zero-order valence-corrected chi connectivity index (χ0v) is 4.65. The fraction of sp³-hybridized carbons (Fsp3) is 0.800. The molecular formula is C5H9N3. The molecule has 44 valence electrons. The number of nitriles is 1. The van der Waals surface area contributed by atoms with Gasteiger partial charge in [0.25, 0.3) is 0 Å². The summed E-state index contributed by atoms with van der Waals surface area (Å²) in [7, 11) is 0. The molecule has 0 aromatic rings. The molecule has 0 saturated carbocycles. The van der Waals surface area contributed by atoms with E-state index in [1.807, 2.05) is 0 Å². The van der Waals surface area contributed by atoms with Crippen LogP contribution in [0.2, 0.25) is 0 Å². The van der Waals surface area contributed by atoms with E-state index in [1.54, 1.807) is 0 Å². The zero-order valence-electron chi connectivity index (χ0n) is 4.65. The molecule has 0 aromatic heterocycles. The first kappa shape index (κ1) is 5.54. The zero-order chi connectivity index (χ0) is 5.82. The number of nitrogens with zero attached hydrogens (tertiary/aromatic N) is 1. The van der Waals surface area contributed by atoms with E-state index in [9.17, 15) is 0 Å². The second-order valence-corrected chi connectivity index (χ2v) is 1.82. The first-order valence-electron chi connectivity index (χ1n) is 2.80. The first-order valence-corrected chi connectivity index (χ1v) is 2.80. The number of rotatable bonds is 0. The minimum Gasteiger partial charge on any atom is -0.290 e. The smallest absolute Gasteiger partial charge is 0.147 e. The highest BCUT2D eigenvalue weighted by atomic mass is 15.1. The summed E-state index contributed by atoms with van der Waals surface area (Å²) < 4.78 is 0. The Morgan fingerprint density at radius 2 is 2.00 bits per heavy atom. The van der Waals surface area contributed by atoms with Crippen molar-refractivity contribution in [2.75, 3.05) is 13.1 Å². The van der Waals surface area contributed by atoms with Crippen molar-refractivity contribution in [2.24, 2.45) is 0 Å². The van der Waals surface area contributed by atoms with Crippen LogP contribution in [-0.4, -0.2) is 19.3 Å². The summed E-state index contributed by atoms with van der Waals surface area (Å²) in [6, 6.07) is 2.08. The quantitative estimate of drug-likeness (QED) is 0.439. The van der Waals surface area contributed by atoms with E-state index < -0.39 is 0 Å². The molecule has 1 saturated heterocycles. The van der Waals surface area contributed by atoms with E-state index in [-0.39, 0.29) is 6.17 Å². The molecule has 2 N–H and O–H groups in total.